The first-order valence-electron chi connectivity index (χ1n) is 7.65. The van der Waals surface area contributed by atoms with Gasteiger partial charge in [-0.2, -0.15) is 0 Å². The number of carbonyl (C=O) groups excluding carboxylic acids is 4. The summed E-state index contributed by atoms with van der Waals surface area (Å²) in [5.41, 5.74) is 0.241. The Kier molecular flexibility index (Phi) is 5.90. The number of hydrogen-bond donors (Lipinski definition) is 0. The molecule has 0 radical (unpaired) electrons. The predicted molar refractivity (Wildman–Crippen MR) is 90.2 cm³/mol. The van der Waals surface area contributed by atoms with Crippen LogP contribution in [0.2, 0.25) is 0 Å². The minimum Gasteiger partial charge on any atom is -0.465 e. The van der Waals surface area contributed by atoms with Crippen molar-refractivity contribution in [1.82, 2.24) is 0 Å². The van der Waals surface area contributed by atoms with Crippen LogP contribution in [0.25, 0.3) is 0 Å². The lowest BCUT2D eigenvalue weighted by Gasteiger charge is -2.20. The van der Waals surface area contributed by atoms with Gasteiger partial charge in [-0.1, -0.05) is 6.92 Å². The Morgan fingerprint density at radius 2 is 1.77 bits per heavy atom. The predicted octanol–water partition coefficient (Wildman–Crippen LogP) is 2.35. The molecule has 1 aliphatic rings. The Morgan fingerprint density at radius 1 is 1.12 bits per heavy atom. The number of methoxy groups -OCH3 is 2. The third-order valence-corrected chi connectivity index (χ3v) is 3.55. The van der Waals surface area contributed by atoms with Gasteiger partial charge in [0.15, 0.2) is 5.78 Å². The Morgan fingerprint density at radius 3 is 2.27 bits per heavy atom. The highest BCUT2D eigenvalue weighted by atomic mass is 16.5. The normalized spacial score (nSPS) is 15.2. The van der Waals surface area contributed by atoms with Crippen LogP contribution < -0.4 is 4.90 Å². The van der Waals surface area contributed by atoms with Crippen molar-refractivity contribution < 1.29 is 33.4 Å². The molecule has 0 fully saturated rings. The number of ether oxygens (including phenoxy) is 3. The highest BCUT2D eigenvalue weighted by molar-refractivity contribution is 6.24. The van der Waals surface area contributed by atoms with Crippen LogP contribution in [0.4, 0.5) is 10.5 Å². The number of benzene rings is 1. The van der Waals surface area contributed by atoms with Crippen molar-refractivity contribution in [1.29, 1.82) is 0 Å². The fourth-order valence-electron chi connectivity index (χ4n) is 2.15. The van der Waals surface area contributed by atoms with Gasteiger partial charge in [-0.25, -0.2) is 14.4 Å². The van der Waals surface area contributed by atoms with Crippen LogP contribution in [-0.4, -0.2) is 38.0 Å². The molecule has 8 nitrogen and oxygen atoms in total. The van der Waals surface area contributed by atoms with Crippen LogP contribution in [0.5, 0.6) is 0 Å². The number of nitrogens with zero attached hydrogens (tertiary/aromatic N) is 1. The van der Waals surface area contributed by atoms with E-state index >= 15 is 0 Å². The standard InChI is InChI=1S/C18H17NO7/c1-4-13-9-15(20)14(17(22)26-13)10-19(18(23)25-3)12-7-5-11(6-8-12)16(21)24-2/h5-10H,4H2,1-3H3. The fraction of sp³-hybridized carbons (Fsp3) is 0.222. The molecular weight excluding hydrogens is 342 g/mol. The molecule has 0 aromatic heterocycles. The van der Waals surface area contributed by atoms with E-state index in [0.29, 0.717) is 6.42 Å². The lowest BCUT2D eigenvalue weighted by molar-refractivity contribution is -0.137. The van der Waals surface area contributed by atoms with E-state index in [9.17, 15) is 19.2 Å². The summed E-state index contributed by atoms with van der Waals surface area (Å²) in [7, 11) is 2.41. The molecule has 0 atom stereocenters. The summed E-state index contributed by atoms with van der Waals surface area (Å²) < 4.78 is 14.3. The van der Waals surface area contributed by atoms with Gasteiger partial charge in [0.2, 0.25) is 0 Å². The summed E-state index contributed by atoms with van der Waals surface area (Å²) in [6.45, 7) is 1.74. The second-order valence-corrected chi connectivity index (χ2v) is 5.14. The van der Waals surface area contributed by atoms with E-state index in [2.05, 4.69) is 4.74 Å². The number of anilines is 1. The lowest BCUT2D eigenvalue weighted by atomic mass is 10.1. The van der Waals surface area contributed by atoms with Crippen molar-refractivity contribution in [2.45, 2.75) is 13.3 Å². The van der Waals surface area contributed by atoms with Gasteiger partial charge in [0.05, 0.1) is 25.5 Å². The number of hydrogen-bond acceptors (Lipinski definition) is 7. The number of rotatable bonds is 4. The SMILES string of the molecule is CCC1=CC(=O)C(=CN(C(=O)OC)c2ccc(C(=O)OC)cc2)C(=O)O1. The average molecular weight is 359 g/mol. The van der Waals surface area contributed by atoms with Crippen molar-refractivity contribution in [2.24, 2.45) is 0 Å². The summed E-state index contributed by atoms with van der Waals surface area (Å²) in [6.07, 6.45) is 1.81. The van der Waals surface area contributed by atoms with Crippen LogP contribution in [0.1, 0.15) is 23.7 Å². The first-order valence-corrected chi connectivity index (χ1v) is 7.65. The van der Waals surface area contributed by atoms with Gasteiger partial charge < -0.3 is 14.2 Å². The van der Waals surface area contributed by atoms with Gasteiger partial charge in [-0.3, -0.25) is 9.69 Å². The number of cyclic esters (lactones) is 1. The van der Waals surface area contributed by atoms with E-state index < -0.39 is 23.8 Å². The maximum atomic E-state index is 12.1. The zero-order valence-corrected chi connectivity index (χ0v) is 14.5. The monoisotopic (exact) mass is 359 g/mol. The summed E-state index contributed by atoms with van der Waals surface area (Å²) in [5.74, 6) is -1.71. The Balaban J connectivity index is 2.41. The first kappa shape index (κ1) is 18.9. The Bertz CT molecular complexity index is 805. The summed E-state index contributed by atoms with van der Waals surface area (Å²) in [5, 5.41) is 0. The van der Waals surface area contributed by atoms with E-state index in [1.54, 1.807) is 6.92 Å². The summed E-state index contributed by atoms with van der Waals surface area (Å²) in [6, 6.07) is 5.77. The van der Waals surface area contributed by atoms with Crippen LogP contribution in [0.15, 0.2) is 47.9 Å². The highest BCUT2D eigenvalue weighted by Gasteiger charge is 2.28. The van der Waals surface area contributed by atoms with E-state index in [0.717, 1.165) is 18.2 Å². The molecule has 136 valence electrons. The van der Waals surface area contributed by atoms with Crippen molar-refractivity contribution in [3.8, 4) is 0 Å². The molecule has 0 saturated carbocycles. The molecule has 1 aromatic rings. The number of esters is 2. The maximum Gasteiger partial charge on any atom is 0.418 e. The molecule has 0 N–H and O–H groups in total. The van der Waals surface area contributed by atoms with Gasteiger partial charge in [-0.15, -0.1) is 0 Å². The van der Waals surface area contributed by atoms with E-state index in [1.807, 2.05) is 0 Å². The summed E-state index contributed by atoms with van der Waals surface area (Å²) in [4.78, 5) is 48.7. The fourth-order valence-corrected chi connectivity index (χ4v) is 2.15. The first-order chi connectivity index (χ1) is 12.4. The number of allylic oxidation sites excluding steroid dienone is 2. The third-order valence-electron chi connectivity index (χ3n) is 3.55. The van der Waals surface area contributed by atoms with Gasteiger partial charge in [-0.05, 0) is 24.3 Å². The van der Waals surface area contributed by atoms with E-state index in [4.69, 9.17) is 9.47 Å². The van der Waals surface area contributed by atoms with Crippen LogP contribution in [0.3, 0.4) is 0 Å². The molecule has 26 heavy (non-hydrogen) atoms. The zero-order valence-electron chi connectivity index (χ0n) is 14.5. The second-order valence-electron chi connectivity index (χ2n) is 5.14. The molecule has 0 unspecified atom stereocenters. The molecule has 1 aliphatic heterocycles. The Hall–Kier alpha value is -3.42. The van der Waals surface area contributed by atoms with Crippen LogP contribution in [-0.2, 0) is 23.8 Å². The topological polar surface area (TPSA) is 99.2 Å². The largest absolute Gasteiger partial charge is 0.465 e. The van der Waals surface area contributed by atoms with Crippen molar-refractivity contribution >= 4 is 29.5 Å². The molecule has 8 heteroatoms. The van der Waals surface area contributed by atoms with Gasteiger partial charge in [0, 0.05) is 18.7 Å². The average Bonchev–Trinajstić information content (AvgIpc) is 2.66. The number of amides is 1. The van der Waals surface area contributed by atoms with Crippen molar-refractivity contribution in [3.05, 3.63) is 53.4 Å². The maximum absolute atomic E-state index is 12.1. The Labute approximate surface area is 149 Å². The van der Waals surface area contributed by atoms with Crippen molar-refractivity contribution in [2.75, 3.05) is 19.1 Å². The van der Waals surface area contributed by atoms with Crippen LogP contribution >= 0.6 is 0 Å². The number of ketones is 1. The summed E-state index contributed by atoms with van der Waals surface area (Å²) >= 11 is 0. The highest BCUT2D eigenvalue weighted by Crippen LogP contribution is 2.22. The molecule has 0 bridgehead atoms. The minimum absolute atomic E-state index is 0.254. The van der Waals surface area contributed by atoms with E-state index in [-0.39, 0.29) is 22.6 Å². The quantitative estimate of drug-likeness (QED) is 0.352. The smallest absolute Gasteiger partial charge is 0.418 e. The molecular formula is C18H17NO7. The third kappa shape index (κ3) is 3.97. The molecule has 1 heterocycles. The van der Waals surface area contributed by atoms with Crippen molar-refractivity contribution in [3.63, 3.8) is 0 Å². The van der Waals surface area contributed by atoms with E-state index in [1.165, 1.54) is 37.5 Å². The molecule has 1 amide bonds. The second kappa shape index (κ2) is 8.11. The molecule has 0 spiro atoms. The van der Waals surface area contributed by atoms with Gasteiger partial charge >= 0.3 is 18.0 Å². The molecule has 2 rings (SSSR count). The lowest BCUT2D eigenvalue weighted by Crippen LogP contribution is -2.29. The molecule has 0 aliphatic carbocycles. The molecule has 0 saturated heterocycles. The van der Waals surface area contributed by atoms with Gasteiger partial charge in [0.25, 0.3) is 0 Å². The molecule has 1 aromatic carbocycles. The zero-order chi connectivity index (χ0) is 19.3. The number of carbonyl (C=O) groups is 4. The van der Waals surface area contributed by atoms with Gasteiger partial charge in [0.1, 0.15) is 11.3 Å². The van der Waals surface area contributed by atoms with Crippen LogP contribution in [0, 0.1) is 0 Å². The minimum atomic E-state index is -0.852.